The average molecular weight is 179 g/mol. The second-order valence-electron chi connectivity index (χ2n) is 3.67. The van der Waals surface area contributed by atoms with Crippen LogP contribution in [0.4, 0.5) is 0 Å². The van der Waals surface area contributed by atoms with Crippen LogP contribution >= 0.6 is 0 Å². The molecule has 0 heterocycles. The molecule has 1 aromatic rings. The maximum Gasteiger partial charge on any atom is 0.0681 e. The fraction of sp³-hybridized carbons (Fsp3) is 0.455. The van der Waals surface area contributed by atoms with Crippen LogP contribution in [0.2, 0.25) is 0 Å². The van der Waals surface area contributed by atoms with Gasteiger partial charge in [-0.05, 0) is 17.0 Å². The van der Waals surface area contributed by atoms with Crippen LogP contribution in [0, 0.1) is 5.92 Å². The Morgan fingerprint density at radius 2 is 2.08 bits per heavy atom. The Labute approximate surface area is 79.4 Å². The van der Waals surface area contributed by atoms with Crippen LogP contribution in [0.25, 0.3) is 0 Å². The largest absolute Gasteiger partial charge is 0.392 e. The van der Waals surface area contributed by atoms with Crippen molar-refractivity contribution in [2.24, 2.45) is 11.7 Å². The first-order chi connectivity index (χ1) is 6.15. The Balaban J connectivity index is 2.88. The first kappa shape index (κ1) is 10.2. The molecule has 0 bridgehead atoms. The van der Waals surface area contributed by atoms with Crippen LogP contribution in [-0.2, 0) is 6.61 Å². The van der Waals surface area contributed by atoms with Crippen LogP contribution in [0.5, 0.6) is 0 Å². The minimum atomic E-state index is 0.0616. The van der Waals surface area contributed by atoms with Gasteiger partial charge in [-0.3, -0.25) is 0 Å². The molecule has 72 valence electrons. The van der Waals surface area contributed by atoms with Crippen molar-refractivity contribution in [3.8, 4) is 0 Å². The minimum absolute atomic E-state index is 0.0616. The molecule has 0 fully saturated rings. The molecular formula is C11H17NO. The second-order valence-corrected chi connectivity index (χ2v) is 3.67. The summed E-state index contributed by atoms with van der Waals surface area (Å²) in [5.41, 5.74) is 8.00. The SMILES string of the molecule is CC(C)C(N)c1cccc(CO)c1. The van der Waals surface area contributed by atoms with E-state index in [2.05, 4.69) is 13.8 Å². The smallest absolute Gasteiger partial charge is 0.0681 e. The number of hydrogen-bond acceptors (Lipinski definition) is 2. The lowest BCUT2D eigenvalue weighted by Gasteiger charge is -2.16. The molecule has 3 N–H and O–H groups in total. The maximum absolute atomic E-state index is 8.94. The van der Waals surface area contributed by atoms with Crippen molar-refractivity contribution in [1.82, 2.24) is 0 Å². The van der Waals surface area contributed by atoms with E-state index in [-0.39, 0.29) is 12.6 Å². The van der Waals surface area contributed by atoms with Crippen molar-refractivity contribution >= 4 is 0 Å². The number of rotatable bonds is 3. The first-order valence-electron chi connectivity index (χ1n) is 4.60. The van der Waals surface area contributed by atoms with Gasteiger partial charge in [0, 0.05) is 6.04 Å². The number of hydrogen-bond donors (Lipinski definition) is 2. The van der Waals surface area contributed by atoms with Gasteiger partial charge in [-0.2, -0.15) is 0 Å². The van der Waals surface area contributed by atoms with E-state index in [1.807, 2.05) is 24.3 Å². The van der Waals surface area contributed by atoms with Gasteiger partial charge in [-0.1, -0.05) is 38.1 Å². The van der Waals surface area contributed by atoms with Crippen molar-refractivity contribution in [3.63, 3.8) is 0 Å². The summed E-state index contributed by atoms with van der Waals surface area (Å²) < 4.78 is 0. The predicted octanol–water partition coefficient (Wildman–Crippen LogP) is 1.83. The van der Waals surface area contributed by atoms with E-state index in [0.29, 0.717) is 5.92 Å². The topological polar surface area (TPSA) is 46.2 Å². The molecule has 0 aliphatic rings. The van der Waals surface area contributed by atoms with Crippen LogP contribution in [-0.4, -0.2) is 5.11 Å². The van der Waals surface area contributed by atoms with Crippen molar-refractivity contribution in [2.75, 3.05) is 0 Å². The average Bonchev–Trinajstić information content (AvgIpc) is 2.16. The highest BCUT2D eigenvalue weighted by Gasteiger charge is 2.09. The van der Waals surface area contributed by atoms with Crippen molar-refractivity contribution in [3.05, 3.63) is 35.4 Å². The zero-order valence-electron chi connectivity index (χ0n) is 8.20. The lowest BCUT2D eigenvalue weighted by atomic mass is 9.96. The summed E-state index contributed by atoms with van der Waals surface area (Å²) in [5.74, 6) is 0.425. The zero-order chi connectivity index (χ0) is 9.84. The van der Waals surface area contributed by atoms with Gasteiger partial charge in [0.2, 0.25) is 0 Å². The highest BCUT2D eigenvalue weighted by molar-refractivity contribution is 5.25. The quantitative estimate of drug-likeness (QED) is 0.743. The Morgan fingerprint density at radius 3 is 2.62 bits per heavy atom. The molecule has 1 unspecified atom stereocenters. The van der Waals surface area contributed by atoms with E-state index >= 15 is 0 Å². The van der Waals surface area contributed by atoms with Gasteiger partial charge in [0.05, 0.1) is 6.61 Å². The Kier molecular flexibility index (Phi) is 3.46. The lowest BCUT2D eigenvalue weighted by Crippen LogP contribution is -2.16. The third-order valence-electron chi connectivity index (χ3n) is 2.24. The summed E-state index contributed by atoms with van der Waals surface area (Å²) in [5, 5.41) is 8.94. The van der Waals surface area contributed by atoms with Crippen molar-refractivity contribution in [1.29, 1.82) is 0 Å². The van der Waals surface area contributed by atoms with E-state index in [1.165, 1.54) is 0 Å². The Hall–Kier alpha value is -0.860. The second kappa shape index (κ2) is 4.40. The fourth-order valence-electron chi connectivity index (χ4n) is 1.28. The molecule has 1 rings (SSSR count). The van der Waals surface area contributed by atoms with Crippen molar-refractivity contribution < 1.29 is 5.11 Å². The Bertz CT molecular complexity index is 271. The minimum Gasteiger partial charge on any atom is -0.392 e. The van der Waals surface area contributed by atoms with Crippen LogP contribution in [0.1, 0.15) is 31.0 Å². The van der Waals surface area contributed by atoms with Crippen LogP contribution in [0.3, 0.4) is 0 Å². The molecule has 0 amide bonds. The van der Waals surface area contributed by atoms with Gasteiger partial charge in [-0.15, -0.1) is 0 Å². The maximum atomic E-state index is 8.94. The molecule has 0 aromatic heterocycles. The van der Waals surface area contributed by atoms with E-state index < -0.39 is 0 Å². The molecule has 0 radical (unpaired) electrons. The summed E-state index contributed by atoms with van der Waals surface area (Å²) in [6, 6.07) is 7.86. The molecule has 0 aliphatic heterocycles. The molecule has 1 atom stereocenters. The molecule has 2 nitrogen and oxygen atoms in total. The van der Waals surface area contributed by atoms with Crippen LogP contribution in [0.15, 0.2) is 24.3 Å². The first-order valence-corrected chi connectivity index (χ1v) is 4.60. The van der Waals surface area contributed by atoms with Gasteiger partial charge in [-0.25, -0.2) is 0 Å². The van der Waals surface area contributed by atoms with E-state index in [0.717, 1.165) is 11.1 Å². The third kappa shape index (κ3) is 2.54. The standard InChI is InChI=1S/C11H17NO/c1-8(2)11(12)10-5-3-4-9(6-10)7-13/h3-6,8,11,13H,7,12H2,1-2H3. The summed E-state index contributed by atoms with van der Waals surface area (Å²) in [4.78, 5) is 0. The normalized spacial score (nSPS) is 13.3. The van der Waals surface area contributed by atoms with Crippen molar-refractivity contribution in [2.45, 2.75) is 26.5 Å². The highest BCUT2D eigenvalue weighted by atomic mass is 16.3. The molecule has 13 heavy (non-hydrogen) atoms. The molecule has 1 aromatic carbocycles. The predicted molar refractivity (Wildman–Crippen MR) is 54.1 cm³/mol. The zero-order valence-corrected chi connectivity index (χ0v) is 8.20. The molecule has 0 spiro atoms. The molecule has 0 saturated heterocycles. The van der Waals surface area contributed by atoms with E-state index in [1.54, 1.807) is 0 Å². The highest BCUT2D eigenvalue weighted by Crippen LogP contribution is 2.19. The molecular weight excluding hydrogens is 162 g/mol. The van der Waals surface area contributed by atoms with Crippen LogP contribution < -0.4 is 5.73 Å². The van der Waals surface area contributed by atoms with Gasteiger partial charge in [0.25, 0.3) is 0 Å². The van der Waals surface area contributed by atoms with Gasteiger partial charge >= 0.3 is 0 Å². The summed E-state index contributed by atoms with van der Waals surface area (Å²) in [6.45, 7) is 4.27. The molecule has 0 aliphatic carbocycles. The van der Waals surface area contributed by atoms with E-state index in [9.17, 15) is 0 Å². The summed E-state index contributed by atoms with van der Waals surface area (Å²) in [7, 11) is 0. The summed E-state index contributed by atoms with van der Waals surface area (Å²) in [6.07, 6.45) is 0. The third-order valence-corrected chi connectivity index (χ3v) is 2.24. The summed E-state index contributed by atoms with van der Waals surface area (Å²) >= 11 is 0. The van der Waals surface area contributed by atoms with Gasteiger partial charge < -0.3 is 10.8 Å². The van der Waals surface area contributed by atoms with Gasteiger partial charge in [0.1, 0.15) is 0 Å². The number of aliphatic hydroxyl groups excluding tert-OH is 1. The molecule has 2 heteroatoms. The number of aliphatic hydroxyl groups is 1. The van der Waals surface area contributed by atoms with E-state index in [4.69, 9.17) is 10.8 Å². The lowest BCUT2D eigenvalue weighted by molar-refractivity contribution is 0.281. The fourth-order valence-corrected chi connectivity index (χ4v) is 1.28. The Morgan fingerprint density at radius 1 is 1.38 bits per heavy atom. The number of benzene rings is 1. The van der Waals surface area contributed by atoms with Gasteiger partial charge in [0.15, 0.2) is 0 Å². The number of nitrogens with two attached hydrogens (primary N) is 1. The monoisotopic (exact) mass is 179 g/mol. The molecule has 0 saturated carbocycles.